The minimum Gasteiger partial charge on any atom is -0.495 e. The normalized spacial score (nSPS) is 10.4. The Morgan fingerprint density at radius 3 is 2.45 bits per heavy atom. The summed E-state index contributed by atoms with van der Waals surface area (Å²) < 4.78 is 5.41. The molecule has 4 heteroatoms. The van der Waals surface area contributed by atoms with Gasteiger partial charge >= 0.3 is 0 Å². The molecule has 0 atom stereocenters. The van der Waals surface area contributed by atoms with Crippen LogP contribution < -0.4 is 15.4 Å². The third-order valence-electron chi connectivity index (χ3n) is 3.27. The molecule has 20 heavy (non-hydrogen) atoms. The highest BCUT2D eigenvalue weighted by Crippen LogP contribution is 2.33. The summed E-state index contributed by atoms with van der Waals surface area (Å²) in [4.78, 5) is 2.13. The van der Waals surface area contributed by atoms with Crippen LogP contribution in [0.4, 0.5) is 11.4 Å². The van der Waals surface area contributed by atoms with Crippen molar-refractivity contribution in [3.63, 3.8) is 0 Å². The molecule has 0 aliphatic rings. The number of nitrogen functional groups attached to an aromatic ring is 1. The third-order valence-corrected chi connectivity index (χ3v) is 3.68. The molecular weight excluding hydrogens is 272 g/mol. The summed E-state index contributed by atoms with van der Waals surface area (Å²) in [6.45, 7) is 2.76. The van der Waals surface area contributed by atoms with E-state index in [9.17, 15) is 0 Å². The number of nitrogens with two attached hydrogens (primary N) is 1. The maximum Gasteiger partial charge on any atom is 0.143 e. The molecule has 106 valence electrons. The van der Waals surface area contributed by atoms with Crippen molar-refractivity contribution in [2.24, 2.45) is 0 Å². The van der Waals surface area contributed by atoms with Crippen molar-refractivity contribution in [3.05, 3.63) is 52.5 Å². The second-order valence-corrected chi connectivity index (χ2v) is 5.28. The van der Waals surface area contributed by atoms with Crippen LogP contribution >= 0.6 is 11.6 Å². The van der Waals surface area contributed by atoms with Gasteiger partial charge in [0, 0.05) is 30.4 Å². The van der Waals surface area contributed by atoms with Crippen LogP contribution in [0.15, 0.2) is 36.4 Å². The molecule has 0 unspecified atom stereocenters. The van der Waals surface area contributed by atoms with E-state index >= 15 is 0 Å². The van der Waals surface area contributed by atoms with Gasteiger partial charge in [0.1, 0.15) is 5.75 Å². The summed E-state index contributed by atoms with van der Waals surface area (Å²) in [5.74, 6) is 0.776. The number of nitrogens with zero attached hydrogens (tertiary/aromatic N) is 1. The number of hydrogen-bond acceptors (Lipinski definition) is 3. The summed E-state index contributed by atoms with van der Waals surface area (Å²) in [6.07, 6.45) is 0. The standard InChI is InChI=1S/C16H19ClN2O/c1-11-8-15(16(20-3)9-14(11)17)19(2)10-12-4-6-13(18)7-5-12/h4-9H,10,18H2,1-3H3. The molecule has 0 saturated heterocycles. The van der Waals surface area contributed by atoms with Crippen LogP contribution in [0.3, 0.4) is 0 Å². The first-order chi connectivity index (χ1) is 9.51. The molecule has 0 saturated carbocycles. The molecule has 0 amide bonds. The lowest BCUT2D eigenvalue weighted by molar-refractivity contribution is 0.414. The molecule has 0 aliphatic heterocycles. The molecule has 0 fully saturated rings. The molecular formula is C16H19ClN2O. The van der Waals surface area contributed by atoms with Crippen LogP contribution in [-0.4, -0.2) is 14.2 Å². The predicted octanol–water partition coefficient (Wildman–Crippen LogP) is 3.88. The van der Waals surface area contributed by atoms with Gasteiger partial charge in [0.25, 0.3) is 0 Å². The number of anilines is 2. The zero-order valence-corrected chi connectivity index (χ0v) is 12.7. The molecule has 2 aromatic rings. The first-order valence-corrected chi connectivity index (χ1v) is 6.78. The van der Waals surface area contributed by atoms with Gasteiger partial charge in [0.15, 0.2) is 0 Å². The number of rotatable bonds is 4. The van der Waals surface area contributed by atoms with Crippen LogP contribution in [0.5, 0.6) is 5.75 Å². The second kappa shape index (κ2) is 6.06. The maximum absolute atomic E-state index is 6.13. The Morgan fingerprint density at radius 1 is 1.20 bits per heavy atom. The molecule has 0 spiro atoms. The Labute approximate surface area is 124 Å². The van der Waals surface area contributed by atoms with Gasteiger partial charge in [0.2, 0.25) is 0 Å². The van der Waals surface area contributed by atoms with E-state index < -0.39 is 0 Å². The first-order valence-electron chi connectivity index (χ1n) is 6.41. The fourth-order valence-corrected chi connectivity index (χ4v) is 2.25. The van der Waals surface area contributed by atoms with Crippen LogP contribution in [-0.2, 0) is 6.54 Å². The monoisotopic (exact) mass is 290 g/mol. The average Bonchev–Trinajstić information content (AvgIpc) is 2.43. The number of hydrogen-bond donors (Lipinski definition) is 1. The van der Waals surface area contributed by atoms with Gasteiger partial charge in [0.05, 0.1) is 12.8 Å². The number of benzene rings is 2. The summed E-state index contributed by atoms with van der Waals surface area (Å²) >= 11 is 6.13. The molecule has 3 nitrogen and oxygen atoms in total. The van der Waals surface area contributed by atoms with Gasteiger partial charge in [-0.3, -0.25) is 0 Å². The Hall–Kier alpha value is -1.87. The molecule has 2 N–H and O–H groups in total. The fraction of sp³-hybridized carbons (Fsp3) is 0.250. The summed E-state index contributed by atoms with van der Waals surface area (Å²) in [5.41, 5.74) is 9.72. The minimum atomic E-state index is 0.714. The van der Waals surface area contributed by atoms with Crippen molar-refractivity contribution in [1.82, 2.24) is 0 Å². The molecule has 0 aliphatic carbocycles. The molecule has 0 heterocycles. The van der Waals surface area contributed by atoms with E-state index in [2.05, 4.69) is 4.90 Å². The number of ether oxygens (including phenoxy) is 1. The van der Waals surface area contributed by atoms with Gasteiger partial charge in [-0.05, 0) is 36.2 Å². The number of aryl methyl sites for hydroxylation is 1. The van der Waals surface area contributed by atoms with Crippen molar-refractivity contribution in [3.8, 4) is 5.75 Å². The Bertz CT molecular complexity index is 596. The van der Waals surface area contributed by atoms with Crippen molar-refractivity contribution in [1.29, 1.82) is 0 Å². The van der Waals surface area contributed by atoms with Crippen molar-refractivity contribution in [2.75, 3.05) is 24.8 Å². The Morgan fingerprint density at radius 2 is 1.85 bits per heavy atom. The van der Waals surface area contributed by atoms with Gasteiger partial charge in [-0.15, -0.1) is 0 Å². The lowest BCUT2D eigenvalue weighted by atomic mass is 10.1. The highest BCUT2D eigenvalue weighted by Gasteiger charge is 2.11. The summed E-state index contributed by atoms with van der Waals surface area (Å²) in [6, 6.07) is 11.8. The topological polar surface area (TPSA) is 38.5 Å². The van der Waals surface area contributed by atoms with Crippen molar-refractivity contribution >= 4 is 23.0 Å². The fourth-order valence-electron chi connectivity index (χ4n) is 2.09. The SMILES string of the molecule is COc1cc(Cl)c(C)cc1N(C)Cc1ccc(N)cc1. The van der Waals surface area contributed by atoms with E-state index in [0.29, 0.717) is 5.02 Å². The van der Waals surface area contributed by atoms with E-state index in [-0.39, 0.29) is 0 Å². The van der Waals surface area contributed by atoms with E-state index in [4.69, 9.17) is 22.1 Å². The first kappa shape index (κ1) is 14.5. The van der Waals surface area contributed by atoms with E-state index in [1.807, 2.05) is 50.4 Å². The zero-order chi connectivity index (χ0) is 14.7. The Balaban J connectivity index is 2.26. The lowest BCUT2D eigenvalue weighted by Gasteiger charge is -2.23. The smallest absolute Gasteiger partial charge is 0.143 e. The van der Waals surface area contributed by atoms with E-state index in [0.717, 1.165) is 29.2 Å². The van der Waals surface area contributed by atoms with Gasteiger partial charge in [-0.1, -0.05) is 23.7 Å². The van der Waals surface area contributed by atoms with Crippen LogP contribution in [0.1, 0.15) is 11.1 Å². The van der Waals surface area contributed by atoms with Gasteiger partial charge < -0.3 is 15.4 Å². The quantitative estimate of drug-likeness (QED) is 0.869. The Kier molecular flexibility index (Phi) is 4.40. The number of methoxy groups -OCH3 is 1. The van der Waals surface area contributed by atoms with Crippen LogP contribution in [0.25, 0.3) is 0 Å². The predicted molar refractivity (Wildman–Crippen MR) is 85.7 cm³/mol. The molecule has 0 bridgehead atoms. The molecule has 0 radical (unpaired) electrons. The number of halogens is 1. The zero-order valence-electron chi connectivity index (χ0n) is 12.0. The largest absolute Gasteiger partial charge is 0.495 e. The van der Waals surface area contributed by atoms with Crippen LogP contribution in [0.2, 0.25) is 5.02 Å². The maximum atomic E-state index is 6.13. The molecule has 2 aromatic carbocycles. The second-order valence-electron chi connectivity index (χ2n) is 4.87. The van der Waals surface area contributed by atoms with Crippen LogP contribution in [0, 0.1) is 6.92 Å². The highest BCUT2D eigenvalue weighted by molar-refractivity contribution is 6.31. The lowest BCUT2D eigenvalue weighted by Crippen LogP contribution is -2.17. The summed E-state index contributed by atoms with van der Waals surface area (Å²) in [5, 5.41) is 0.714. The molecule has 0 aromatic heterocycles. The van der Waals surface area contributed by atoms with Crippen molar-refractivity contribution < 1.29 is 4.74 Å². The van der Waals surface area contributed by atoms with Crippen molar-refractivity contribution in [2.45, 2.75) is 13.5 Å². The molecule has 2 rings (SSSR count). The minimum absolute atomic E-state index is 0.714. The average molecular weight is 291 g/mol. The van der Waals surface area contributed by atoms with Gasteiger partial charge in [-0.2, -0.15) is 0 Å². The van der Waals surface area contributed by atoms with Gasteiger partial charge in [-0.25, -0.2) is 0 Å². The highest BCUT2D eigenvalue weighted by atomic mass is 35.5. The summed E-state index contributed by atoms with van der Waals surface area (Å²) in [7, 11) is 3.68. The third kappa shape index (κ3) is 3.17. The van der Waals surface area contributed by atoms with E-state index in [1.165, 1.54) is 5.56 Å². The van der Waals surface area contributed by atoms with E-state index in [1.54, 1.807) is 7.11 Å².